The van der Waals surface area contributed by atoms with Crippen LogP contribution in [-0.2, 0) is 28.9 Å². The number of hydrogen-bond acceptors (Lipinski definition) is 3. The number of nitrogens with one attached hydrogen (secondary N) is 4. The highest BCUT2D eigenvalue weighted by atomic mass is 16.2. The van der Waals surface area contributed by atoms with E-state index in [0.29, 0.717) is 12.8 Å². The molecule has 3 aromatic carbocycles. The number of rotatable bonds is 9. The lowest BCUT2D eigenvalue weighted by molar-refractivity contribution is -0.124. The van der Waals surface area contributed by atoms with Crippen molar-refractivity contribution in [1.29, 1.82) is 0 Å². The number of H-pyrrole nitrogens is 2. The van der Waals surface area contributed by atoms with Crippen LogP contribution in [-0.4, -0.2) is 34.0 Å². The Hall–Kier alpha value is -4.36. The summed E-state index contributed by atoms with van der Waals surface area (Å²) in [5.41, 5.74) is 11.2. The van der Waals surface area contributed by atoms with E-state index >= 15 is 0 Å². The molecule has 5 rings (SSSR count). The van der Waals surface area contributed by atoms with E-state index in [0.717, 1.165) is 38.5 Å². The molecule has 182 valence electrons. The molecule has 0 saturated carbocycles. The molecule has 36 heavy (non-hydrogen) atoms. The zero-order chi connectivity index (χ0) is 24.9. The number of benzene rings is 3. The third-order valence-corrected chi connectivity index (χ3v) is 6.41. The van der Waals surface area contributed by atoms with Crippen LogP contribution in [0.3, 0.4) is 0 Å². The molecule has 2 aromatic heterocycles. The Morgan fingerprint density at radius 3 is 1.92 bits per heavy atom. The van der Waals surface area contributed by atoms with E-state index in [1.807, 2.05) is 91.3 Å². The molecule has 0 spiro atoms. The Kier molecular flexibility index (Phi) is 6.82. The lowest BCUT2D eigenvalue weighted by atomic mass is 10.0. The minimum Gasteiger partial charge on any atom is -0.361 e. The van der Waals surface area contributed by atoms with Crippen LogP contribution in [0.2, 0.25) is 0 Å². The summed E-state index contributed by atoms with van der Waals surface area (Å²) in [4.78, 5) is 32.5. The maximum Gasteiger partial charge on any atom is 0.238 e. The number of aromatic nitrogens is 2. The minimum absolute atomic E-state index is 0.170. The topological polar surface area (TPSA) is 116 Å². The number of hydrogen-bond donors (Lipinski definition) is 5. The molecule has 0 aliphatic carbocycles. The minimum atomic E-state index is -0.763. The summed E-state index contributed by atoms with van der Waals surface area (Å²) < 4.78 is 0. The zero-order valence-corrected chi connectivity index (χ0v) is 19.8. The number of amides is 2. The van der Waals surface area contributed by atoms with Gasteiger partial charge >= 0.3 is 0 Å². The molecule has 0 radical (unpaired) electrons. The van der Waals surface area contributed by atoms with Crippen molar-refractivity contribution < 1.29 is 9.59 Å². The maximum absolute atomic E-state index is 13.1. The third kappa shape index (κ3) is 5.31. The second kappa shape index (κ2) is 10.5. The van der Waals surface area contributed by atoms with E-state index in [1.54, 1.807) is 0 Å². The van der Waals surface area contributed by atoms with Crippen molar-refractivity contribution in [3.05, 3.63) is 108 Å². The summed E-state index contributed by atoms with van der Waals surface area (Å²) >= 11 is 0. The van der Waals surface area contributed by atoms with Gasteiger partial charge in [0, 0.05) is 40.6 Å². The van der Waals surface area contributed by atoms with Crippen LogP contribution in [0.1, 0.15) is 16.7 Å². The van der Waals surface area contributed by atoms with E-state index in [4.69, 9.17) is 5.73 Å². The van der Waals surface area contributed by atoms with E-state index in [1.165, 1.54) is 0 Å². The number of carbonyl (C=O) groups excluding carboxylic acids is 2. The maximum atomic E-state index is 13.1. The second-order valence-corrected chi connectivity index (χ2v) is 9.02. The van der Waals surface area contributed by atoms with Gasteiger partial charge in [-0.25, -0.2) is 0 Å². The zero-order valence-electron chi connectivity index (χ0n) is 19.8. The fraction of sp³-hybridized carbons (Fsp3) is 0.172. The fourth-order valence-corrected chi connectivity index (χ4v) is 4.59. The molecule has 2 heterocycles. The van der Waals surface area contributed by atoms with Gasteiger partial charge in [0.15, 0.2) is 0 Å². The van der Waals surface area contributed by atoms with Crippen LogP contribution in [0.5, 0.6) is 0 Å². The van der Waals surface area contributed by atoms with Gasteiger partial charge in [-0.15, -0.1) is 0 Å². The number of nitrogens with two attached hydrogens (primary N) is 1. The van der Waals surface area contributed by atoms with Gasteiger partial charge < -0.3 is 26.3 Å². The number of fused-ring (bicyclic) bond motifs is 2. The molecular formula is C29H29N5O2. The van der Waals surface area contributed by atoms with Crippen molar-refractivity contribution in [1.82, 2.24) is 20.6 Å². The van der Waals surface area contributed by atoms with Gasteiger partial charge in [-0.3, -0.25) is 9.59 Å². The molecule has 5 aromatic rings. The molecule has 7 heteroatoms. The number of aromatic amines is 2. The van der Waals surface area contributed by atoms with E-state index in [-0.39, 0.29) is 18.2 Å². The smallest absolute Gasteiger partial charge is 0.238 e. The highest BCUT2D eigenvalue weighted by Crippen LogP contribution is 2.20. The Morgan fingerprint density at radius 1 is 0.722 bits per heavy atom. The van der Waals surface area contributed by atoms with Gasteiger partial charge in [-0.1, -0.05) is 66.7 Å². The first-order valence-corrected chi connectivity index (χ1v) is 12.1. The summed E-state index contributed by atoms with van der Waals surface area (Å²) in [6.07, 6.45) is 4.23. The normalized spacial score (nSPS) is 12.9. The van der Waals surface area contributed by atoms with Crippen molar-refractivity contribution >= 4 is 33.6 Å². The average molecular weight is 480 g/mol. The monoisotopic (exact) mass is 479 g/mol. The first-order chi connectivity index (χ1) is 17.6. The molecule has 0 fully saturated rings. The summed E-state index contributed by atoms with van der Waals surface area (Å²) in [6, 6.07) is 24.6. The lowest BCUT2D eigenvalue weighted by Crippen LogP contribution is -2.54. The van der Waals surface area contributed by atoms with Gasteiger partial charge in [0.2, 0.25) is 11.8 Å². The van der Waals surface area contributed by atoms with Crippen molar-refractivity contribution in [3.8, 4) is 0 Å². The van der Waals surface area contributed by atoms with Crippen LogP contribution in [0, 0.1) is 0 Å². The van der Waals surface area contributed by atoms with Crippen molar-refractivity contribution in [2.24, 2.45) is 5.73 Å². The standard InChI is InChI=1S/C29H29N5O2/c30-24(15-20-17-31-25-12-6-4-10-22(20)25)29(36)34-27(33-28(35)14-19-8-2-1-3-9-19)16-21-18-32-26-13-7-5-11-23(21)26/h1-13,17-18,24,27,31-32H,14-16,30H2,(H,33,35)(H,34,36)/t24-,27-/m1/s1. The molecule has 2 atom stereocenters. The highest BCUT2D eigenvalue weighted by Gasteiger charge is 2.22. The van der Waals surface area contributed by atoms with Gasteiger partial charge in [-0.2, -0.15) is 0 Å². The predicted octanol–water partition coefficient (Wildman–Crippen LogP) is 3.56. The second-order valence-electron chi connectivity index (χ2n) is 9.02. The number of carbonyl (C=O) groups is 2. The molecule has 0 bridgehead atoms. The van der Waals surface area contributed by atoms with E-state index in [2.05, 4.69) is 20.6 Å². The van der Waals surface area contributed by atoms with Crippen LogP contribution >= 0.6 is 0 Å². The summed E-state index contributed by atoms with van der Waals surface area (Å²) in [7, 11) is 0. The van der Waals surface area contributed by atoms with Crippen molar-refractivity contribution in [2.75, 3.05) is 0 Å². The number of para-hydroxylation sites is 2. The average Bonchev–Trinajstić information content (AvgIpc) is 3.49. The lowest BCUT2D eigenvalue weighted by Gasteiger charge is -2.22. The quantitative estimate of drug-likeness (QED) is 0.208. The predicted molar refractivity (Wildman–Crippen MR) is 142 cm³/mol. The molecular weight excluding hydrogens is 450 g/mol. The first kappa shape index (κ1) is 23.4. The molecule has 0 aliphatic heterocycles. The van der Waals surface area contributed by atoms with E-state index in [9.17, 15) is 9.59 Å². The Labute approximate surface area is 209 Å². The first-order valence-electron chi connectivity index (χ1n) is 12.1. The third-order valence-electron chi connectivity index (χ3n) is 6.41. The van der Waals surface area contributed by atoms with Crippen molar-refractivity contribution in [2.45, 2.75) is 31.5 Å². The van der Waals surface area contributed by atoms with Gasteiger partial charge in [0.1, 0.15) is 6.17 Å². The van der Waals surface area contributed by atoms with Crippen LogP contribution in [0.15, 0.2) is 91.3 Å². The van der Waals surface area contributed by atoms with Crippen LogP contribution in [0.4, 0.5) is 0 Å². The largest absolute Gasteiger partial charge is 0.361 e. The molecule has 0 aliphatic rings. The Bertz CT molecular complexity index is 1490. The molecule has 0 unspecified atom stereocenters. The van der Waals surface area contributed by atoms with E-state index < -0.39 is 12.2 Å². The molecule has 2 amide bonds. The molecule has 7 nitrogen and oxygen atoms in total. The van der Waals surface area contributed by atoms with Gasteiger partial charge in [0.05, 0.1) is 12.5 Å². The SMILES string of the molecule is N[C@H](Cc1c[nH]c2ccccc12)C(=O)N[C@H](Cc1c[nH]c2ccccc12)NC(=O)Cc1ccccc1. The van der Waals surface area contributed by atoms with Crippen molar-refractivity contribution in [3.63, 3.8) is 0 Å². The van der Waals surface area contributed by atoms with Gasteiger partial charge in [0.25, 0.3) is 0 Å². The summed E-state index contributed by atoms with van der Waals surface area (Å²) in [5.74, 6) is -0.485. The van der Waals surface area contributed by atoms with Crippen LogP contribution in [0.25, 0.3) is 21.8 Å². The molecule has 0 saturated heterocycles. The molecule has 6 N–H and O–H groups in total. The highest BCUT2D eigenvalue weighted by molar-refractivity contribution is 5.87. The fourth-order valence-electron chi connectivity index (χ4n) is 4.59. The Balaban J connectivity index is 1.31. The van der Waals surface area contributed by atoms with Gasteiger partial charge in [-0.05, 0) is 35.2 Å². The Morgan fingerprint density at radius 2 is 1.28 bits per heavy atom. The van der Waals surface area contributed by atoms with Crippen LogP contribution < -0.4 is 16.4 Å². The summed E-state index contributed by atoms with van der Waals surface area (Å²) in [6.45, 7) is 0. The summed E-state index contributed by atoms with van der Waals surface area (Å²) in [5, 5.41) is 8.07.